The molecule has 3 rings (SSSR count). The van der Waals surface area contributed by atoms with Crippen molar-refractivity contribution in [2.24, 2.45) is 5.92 Å². The van der Waals surface area contributed by atoms with Gasteiger partial charge in [-0.2, -0.15) is 10.4 Å². The number of anilines is 1. The van der Waals surface area contributed by atoms with E-state index in [0.29, 0.717) is 5.56 Å². The number of aromatic nitrogens is 2. The SMILES string of the molecule is Cc1nnc(N2CCC(CN3CCOCC3)CC2)c(C#N)c1C. The molecule has 1 aromatic heterocycles. The van der Waals surface area contributed by atoms with Crippen LogP contribution in [0.3, 0.4) is 0 Å². The van der Waals surface area contributed by atoms with Crippen LogP contribution >= 0.6 is 0 Å². The highest BCUT2D eigenvalue weighted by Crippen LogP contribution is 2.26. The third-order valence-corrected chi connectivity index (χ3v) is 5.08. The largest absolute Gasteiger partial charge is 0.379 e. The minimum atomic E-state index is 0.684. The fourth-order valence-electron chi connectivity index (χ4n) is 3.43. The van der Waals surface area contributed by atoms with E-state index in [-0.39, 0.29) is 0 Å². The maximum atomic E-state index is 9.46. The molecule has 0 radical (unpaired) electrons. The lowest BCUT2D eigenvalue weighted by Crippen LogP contribution is -2.43. The smallest absolute Gasteiger partial charge is 0.169 e. The maximum Gasteiger partial charge on any atom is 0.169 e. The quantitative estimate of drug-likeness (QED) is 0.842. The Morgan fingerprint density at radius 1 is 1.13 bits per heavy atom. The standard InChI is InChI=1S/C17H25N5O/c1-13-14(2)19-20-17(16(13)11-18)22-5-3-15(4-6-22)12-21-7-9-23-10-8-21/h15H,3-10,12H2,1-2H3. The van der Waals surface area contributed by atoms with Crippen LogP contribution in [0.5, 0.6) is 0 Å². The molecule has 124 valence electrons. The van der Waals surface area contributed by atoms with E-state index in [1.165, 1.54) is 6.54 Å². The Kier molecular flexibility index (Phi) is 5.09. The molecular weight excluding hydrogens is 290 g/mol. The third-order valence-electron chi connectivity index (χ3n) is 5.08. The predicted molar refractivity (Wildman–Crippen MR) is 88.4 cm³/mol. The van der Waals surface area contributed by atoms with Crippen LogP contribution < -0.4 is 4.90 Å². The highest BCUT2D eigenvalue weighted by molar-refractivity contribution is 5.57. The Morgan fingerprint density at radius 2 is 1.83 bits per heavy atom. The summed E-state index contributed by atoms with van der Waals surface area (Å²) in [5.41, 5.74) is 2.48. The van der Waals surface area contributed by atoms with Gasteiger partial charge in [0.2, 0.25) is 0 Å². The Labute approximate surface area is 138 Å². The van der Waals surface area contributed by atoms with Crippen molar-refractivity contribution in [1.82, 2.24) is 15.1 Å². The predicted octanol–water partition coefficient (Wildman–Crippen LogP) is 1.51. The van der Waals surface area contributed by atoms with Gasteiger partial charge in [0.1, 0.15) is 11.6 Å². The zero-order valence-corrected chi connectivity index (χ0v) is 14.1. The van der Waals surface area contributed by atoms with E-state index in [4.69, 9.17) is 4.74 Å². The number of rotatable bonds is 3. The Bertz CT molecular complexity index is 583. The Balaban J connectivity index is 1.61. The topological polar surface area (TPSA) is 65.3 Å². The van der Waals surface area contributed by atoms with Gasteiger partial charge in [-0.1, -0.05) is 0 Å². The fourth-order valence-corrected chi connectivity index (χ4v) is 3.43. The van der Waals surface area contributed by atoms with Crippen LogP contribution in [0.15, 0.2) is 0 Å². The Hall–Kier alpha value is -1.71. The number of hydrogen-bond donors (Lipinski definition) is 0. The molecule has 0 amide bonds. The van der Waals surface area contributed by atoms with Crippen LogP contribution in [0.4, 0.5) is 5.82 Å². The van der Waals surface area contributed by atoms with Gasteiger partial charge in [-0.25, -0.2) is 0 Å². The molecule has 0 saturated carbocycles. The first-order valence-electron chi connectivity index (χ1n) is 8.48. The lowest BCUT2D eigenvalue weighted by Gasteiger charge is -2.36. The molecule has 0 aromatic carbocycles. The summed E-state index contributed by atoms with van der Waals surface area (Å²) >= 11 is 0. The molecule has 0 aliphatic carbocycles. The first-order chi connectivity index (χ1) is 11.2. The molecular formula is C17H25N5O. The van der Waals surface area contributed by atoms with Crippen LogP contribution in [0.2, 0.25) is 0 Å². The molecule has 2 aliphatic heterocycles. The van der Waals surface area contributed by atoms with Crippen LogP contribution in [0.25, 0.3) is 0 Å². The normalized spacial score (nSPS) is 20.5. The van der Waals surface area contributed by atoms with Gasteiger partial charge in [0.05, 0.1) is 18.9 Å². The monoisotopic (exact) mass is 315 g/mol. The second-order valence-electron chi connectivity index (χ2n) is 6.56. The first kappa shape index (κ1) is 16.2. The van der Waals surface area contributed by atoms with Crippen molar-refractivity contribution in [2.45, 2.75) is 26.7 Å². The van der Waals surface area contributed by atoms with Crippen molar-refractivity contribution < 1.29 is 4.74 Å². The molecule has 6 heteroatoms. The van der Waals surface area contributed by atoms with E-state index in [0.717, 1.165) is 75.2 Å². The molecule has 1 aromatic rings. The number of piperidine rings is 1. The molecule has 0 unspecified atom stereocenters. The van der Waals surface area contributed by atoms with Crippen molar-refractivity contribution in [1.29, 1.82) is 5.26 Å². The summed E-state index contributed by atoms with van der Waals surface area (Å²) in [5, 5.41) is 18.0. The lowest BCUT2D eigenvalue weighted by atomic mass is 9.95. The van der Waals surface area contributed by atoms with Gasteiger partial charge >= 0.3 is 0 Å². The summed E-state index contributed by atoms with van der Waals surface area (Å²) < 4.78 is 5.41. The summed E-state index contributed by atoms with van der Waals surface area (Å²) in [6.07, 6.45) is 2.30. The molecule has 3 heterocycles. The Morgan fingerprint density at radius 3 is 2.48 bits per heavy atom. The van der Waals surface area contributed by atoms with E-state index in [1.54, 1.807) is 0 Å². The van der Waals surface area contributed by atoms with Gasteiger partial charge in [0, 0.05) is 32.7 Å². The lowest BCUT2D eigenvalue weighted by molar-refractivity contribution is 0.0289. The summed E-state index contributed by atoms with van der Waals surface area (Å²) in [6.45, 7) is 10.8. The van der Waals surface area contributed by atoms with Gasteiger partial charge in [0.15, 0.2) is 5.82 Å². The van der Waals surface area contributed by atoms with E-state index in [1.807, 2.05) is 13.8 Å². The van der Waals surface area contributed by atoms with Crippen molar-refractivity contribution in [3.63, 3.8) is 0 Å². The van der Waals surface area contributed by atoms with E-state index in [2.05, 4.69) is 26.1 Å². The second kappa shape index (κ2) is 7.24. The third kappa shape index (κ3) is 3.62. The van der Waals surface area contributed by atoms with Crippen molar-refractivity contribution in [2.75, 3.05) is 50.8 Å². The molecule has 23 heavy (non-hydrogen) atoms. The highest BCUT2D eigenvalue weighted by Gasteiger charge is 2.25. The van der Waals surface area contributed by atoms with Crippen LogP contribution in [-0.2, 0) is 4.74 Å². The molecule has 0 bridgehead atoms. The van der Waals surface area contributed by atoms with Crippen molar-refractivity contribution >= 4 is 5.82 Å². The number of aryl methyl sites for hydroxylation is 1. The number of nitrogens with zero attached hydrogens (tertiary/aromatic N) is 5. The van der Waals surface area contributed by atoms with Gasteiger partial charge in [-0.15, -0.1) is 5.10 Å². The van der Waals surface area contributed by atoms with Gasteiger partial charge in [0.25, 0.3) is 0 Å². The summed E-state index contributed by atoms with van der Waals surface area (Å²) in [5.74, 6) is 1.50. The second-order valence-corrected chi connectivity index (χ2v) is 6.56. The van der Waals surface area contributed by atoms with E-state index in [9.17, 15) is 5.26 Å². The van der Waals surface area contributed by atoms with E-state index >= 15 is 0 Å². The minimum Gasteiger partial charge on any atom is -0.379 e. The number of hydrogen-bond acceptors (Lipinski definition) is 6. The van der Waals surface area contributed by atoms with Crippen molar-refractivity contribution in [3.8, 4) is 6.07 Å². The number of ether oxygens (including phenoxy) is 1. The number of nitriles is 1. The average molecular weight is 315 g/mol. The minimum absolute atomic E-state index is 0.684. The summed E-state index contributed by atoms with van der Waals surface area (Å²) in [4.78, 5) is 4.74. The molecule has 0 N–H and O–H groups in total. The van der Waals surface area contributed by atoms with Crippen molar-refractivity contribution in [3.05, 3.63) is 16.8 Å². The molecule has 2 saturated heterocycles. The molecule has 6 nitrogen and oxygen atoms in total. The molecule has 0 spiro atoms. The molecule has 0 atom stereocenters. The van der Waals surface area contributed by atoms with E-state index < -0.39 is 0 Å². The summed E-state index contributed by atoms with van der Waals surface area (Å²) in [7, 11) is 0. The zero-order chi connectivity index (χ0) is 16.2. The number of morpholine rings is 1. The fraction of sp³-hybridized carbons (Fsp3) is 0.706. The van der Waals surface area contributed by atoms with Gasteiger partial charge in [-0.05, 0) is 38.2 Å². The van der Waals surface area contributed by atoms with Crippen LogP contribution in [0.1, 0.15) is 29.7 Å². The average Bonchev–Trinajstić information content (AvgIpc) is 2.59. The zero-order valence-electron chi connectivity index (χ0n) is 14.1. The van der Waals surface area contributed by atoms with Gasteiger partial charge < -0.3 is 9.64 Å². The van der Waals surface area contributed by atoms with Gasteiger partial charge in [-0.3, -0.25) is 4.90 Å². The van der Waals surface area contributed by atoms with Crippen LogP contribution in [0, 0.1) is 31.1 Å². The maximum absolute atomic E-state index is 9.46. The van der Waals surface area contributed by atoms with Crippen LogP contribution in [-0.4, -0.2) is 61.0 Å². The first-order valence-corrected chi connectivity index (χ1v) is 8.48. The molecule has 2 fully saturated rings. The summed E-state index contributed by atoms with van der Waals surface area (Å²) in [6, 6.07) is 2.31. The highest BCUT2D eigenvalue weighted by atomic mass is 16.5. The molecule has 2 aliphatic rings.